The Morgan fingerprint density at radius 3 is 2.35 bits per heavy atom. The van der Waals surface area contributed by atoms with E-state index in [-0.39, 0.29) is 0 Å². The predicted octanol–water partition coefficient (Wildman–Crippen LogP) is 2.69. The van der Waals surface area contributed by atoms with Gasteiger partial charge in [0.05, 0.1) is 6.33 Å². The average Bonchev–Trinajstić information content (AvgIpc) is 2.73. The molecule has 92 valence electrons. The Morgan fingerprint density at radius 1 is 1.29 bits per heavy atom. The molecule has 1 aromatic heterocycles. The predicted molar refractivity (Wildman–Crippen MR) is 75.5 cm³/mol. The molecule has 0 fully saturated rings. The molecule has 2 aromatic rings. The highest BCUT2D eigenvalue weighted by Gasteiger charge is 1.93. The van der Waals surface area contributed by atoms with Crippen LogP contribution in [0, 0.1) is 0 Å². The van der Waals surface area contributed by atoms with Crippen molar-refractivity contribution >= 4 is 26.7 Å². The van der Waals surface area contributed by atoms with Crippen molar-refractivity contribution in [3.05, 3.63) is 53.0 Å². The Labute approximate surface area is 112 Å². The molecule has 5 heteroatoms. The number of benzene rings is 1. The van der Waals surface area contributed by atoms with Gasteiger partial charge in [-0.3, -0.25) is 4.21 Å². The van der Waals surface area contributed by atoms with Crippen molar-refractivity contribution in [1.29, 1.82) is 0 Å². The Hall–Kier alpha value is -0.940. The first kappa shape index (κ1) is 14.1. The summed E-state index contributed by atoms with van der Waals surface area (Å²) in [5.74, 6) is 0. The van der Waals surface area contributed by atoms with Gasteiger partial charge in [-0.05, 0) is 17.7 Å². The summed E-state index contributed by atoms with van der Waals surface area (Å²) in [6.45, 7) is 0.882. The van der Waals surface area contributed by atoms with E-state index in [0.717, 1.165) is 11.0 Å². The van der Waals surface area contributed by atoms with Crippen LogP contribution in [-0.4, -0.2) is 26.3 Å². The van der Waals surface area contributed by atoms with Crippen LogP contribution < -0.4 is 0 Å². The van der Waals surface area contributed by atoms with Crippen LogP contribution in [0.25, 0.3) is 0 Å². The van der Waals surface area contributed by atoms with Gasteiger partial charge in [-0.2, -0.15) is 0 Å². The molecule has 1 heterocycles. The number of nitrogens with zero attached hydrogens (tertiary/aromatic N) is 2. The lowest BCUT2D eigenvalue weighted by atomic mass is 10.2. The number of rotatable bonds is 2. The molecule has 0 radical (unpaired) electrons. The van der Waals surface area contributed by atoms with Gasteiger partial charge in [0, 0.05) is 46.7 Å². The van der Waals surface area contributed by atoms with Gasteiger partial charge in [0.15, 0.2) is 0 Å². The smallest absolute Gasteiger partial charge is 0.0949 e. The Bertz CT molecular complexity index is 450. The fourth-order valence-electron chi connectivity index (χ4n) is 1.18. The summed E-state index contributed by atoms with van der Waals surface area (Å²) >= 11 is 3.40. The summed E-state index contributed by atoms with van der Waals surface area (Å²) < 4.78 is 12.7. The maximum Gasteiger partial charge on any atom is 0.0949 e. The monoisotopic (exact) mass is 314 g/mol. The molecule has 0 N–H and O–H groups in total. The zero-order chi connectivity index (χ0) is 12.7. The molecule has 0 aliphatic heterocycles. The first-order valence-electron chi connectivity index (χ1n) is 5.03. The van der Waals surface area contributed by atoms with Crippen LogP contribution >= 0.6 is 15.9 Å². The standard InChI is InChI=1S/C10H9BrN2.C2H6OS/c11-10-3-1-9(2-4-10)7-13-6-5-12-8-13;1-4(2)3/h1-6,8H,7H2;1-2H3. The number of halogens is 1. The van der Waals surface area contributed by atoms with Crippen LogP contribution in [0.5, 0.6) is 0 Å². The van der Waals surface area contributed by atoms with Crippen molar-refractivity contribution in [2.45, 2.75) is 6.54 Å². The summed E-state index contributed by atoms with van der Waals surface area (Å²) in [7, 11) is -0.611. The first-order valence-corrected chi connectivity index (χ1v) is 7.79. The number of hydrogen-bond donors (Lipinski definition) is 0. The minimum absolute atomic E-state index is 0.611. The van der Waals surface area contributed by atoms with E-state index in [2.05, 4.69) is 33.0 Å². The summed E-state index contributed by atoms with van der Waals surface area (Å²) in [6, 6.07) is 8.30. The third kappa shape index (κ3) is 6.38. The minimum atomic E-state index is -0.611. The van der Waals surface area contributed by atoms with E-state index in [1.54, 1.807) is 18.7 Å². The number of imidazole rings is 1. The van der Waals surface area contributed by atoms with Crippen LogP contribution in [0.15, 0.2) is 47.5 Å². The van der Waals surface area contributed by atoms with Crippen LogP contribution in [0.3, 0.4) is 0 Å². The quantitative estimate of drug-likeness (QED) is 0.854. The van der Waals surface area contributed by atoms with Crippen molar-refractivity contribution < 1.29 is 4.21 Å². The molecule has 0 aliphatic carbocycles. The molecule has 0 aliphatic rings. The van der Waals surface area contributed by atoms with E-state index in [1.165, 1.54) is 5.56 Å². The Balaban J connectivity index is 0.000000317. The fraction of sp³-hybridized carbons (Fsp3) is 0.250. The maximum absolute atomic E-state index is 9.56. The lowest BCUT2D eigenvalue weighted by molar-refractivity contribution is 0.690. The average molecular weight is 315 g/mol. The molecule has 0 unspecified atom stereocenters. The first-order chi connectivity index (χ1) is 8.08. The van der Waals surface area contributed by atoms with Crippen molar-refractivity contribution in [3.8, 4) is 0 Å². The lowest BCUT2D eigenvalue weighted by Crippen LogP contribution is -1.95. The zero-order valence-corrected chi connectivity index (χ0v) is 12.2. The van der Waals surface area contributed by atoms with Crippen LogP contribution in [-0.2, 0) is 17.3 Å². The van der Waals surface area contributed by atoms with Gasteiger partial charge in [-0.1, -0.05) is 28.1 Å². The summed E-state index contributed by atoms with van der Waals surface area (Å²) in [6.07, 6.45) is 8.85. The molecule has 17 heavy (non-hydrogen) atoms. The van der Waals surface area contributed by atoms with Gasteiger partial charge >= 0.3 is 0 Å². The van der Waals surface area contributed by atoms with Crippen molar-refractivity contribution in [1.82, 2.24) is 9.55 Å². The summed E-state index contributed by atoms with van der Waals surface area (Å²) in [5.41, 5.74) is 1.28. The van der Waals surface area contributed by atoms with E-state index in [4.69, 9.17) is 0 Å². The van der Waals surface area contributed by atoms with Gasteiger partial charge in [0.1, 0.15) is 0 Å². The Morgan fingerprint density at radius 2 is 1.88 bits per heavy atom. The molecule has 0 saturated heterocycles. The topological polar surface area (TPSA) is 34.9 Å². The van der Waals surface area contributed by atoms with Crippen molar-refractivity contribution in [3.63, 3.8) is 0 Å². The maximum atomic E-state index is 9.56. The highest BCUT2D eigenvalue weighted by Crippen LogP contribution is 2.11. The van der Waals surface area contributed by atoms with Crippen LogP contribution in [0.1, 0.15) is 5.56 Å². The Kier molecular flexibility index (Phi) is 6.15. The number of hydrogen-bond acceptors (Lipinski definition) is 2. The zero-order valence-electron chi connectivity index (χ0n) is 9.84. The molecule has 3 nitrogen and oxygen atoms in total. The lowest BCUT2D eigenvalue weighted by Gasteiger charge is -2.01. The second-order valence-corrected chi connectivity index (χ2v) is 6.00. The molecule has 0 bridgehead atoms. The number of aromatic nitrogens is 2. The minimum Gasteiger partial charge on any atom is -0.333 e. The van der Waals surface area contributed by atoms with Gasteiger partial charge in [-0.15, -0.1) is 0 Å². The van der Waals surface area contributed by atoms with E-state index in [9.17, 15) is 4.21 Å². The molecule has 0 atom stereocenters. The molecular formula is C12H15BrN2OS. The van der Waals surface area contributed by atoms with E-state index in [1.807, 2.05) is 29.2 Å². The largest absolute Gasteiger partial charge is 0.333 e. The molecule has 2 rings (SSSR count). The summed E-state index contributed by atoms with van der Waals surface area (Å²) in [4.78, 5) is 3.99. The van der Waals surface area contributed by atoms with Crippen molar-refractivity contribution in [2.24, 2.45) is 0 Å². The molecule has 0 saturated carbocycles. The van der Waals surface area contributed by atoms with Crippen molar-refractivity contribution in [2.75, 3.05) is 12.5 Å². The van der Waals surface area contributed by atoms with Crippen LogP contribution in [0.4, 0.5) is 0 Å². The summed E-state index contributed by atoms with van der Waals surface area (Å²) in [5, 5.41) is 0. The normalized spacial score (nSPS) is 9.88. The second-order valence-electron chi connectivity index (χ2n) is 3.60. The molecular weight excluding hydrogens is 300 g/mol. The van der Waals surface area contributed by atoms with E-state index < -0.39 is 10.8 Å². The second kappa shape index (κ2) is 7.40. The third-order valence-electron chi connectivity index (χ3n) is 1.84. The van der Waals surface area contributed by atoms with Gasteiger partial charge < -0.3 is 4.57 Å². The van der Waals surface area contributed by atoms with Gasteiger partial charge in [-0.25, -0.2) is 4.98 Å². The van der Waals surface area contributed by atoms with Crippen LogP contribution in [0.2, 0.25) is 0 Å². The third-order valence-corrected chi connectivity index (χ3v) is 2.37. The molecule has 0 amide bonds. The van der Waals surface area contributed by atoms with Gasteiger partial charge in [0.25, 0.3) is 0 Å². The molecule has 0 spiro atoms. The fourth-order valence-corrected chi connectivity index (χ4v) is 1.45. The molecule has 1 aromatic carbocycles. The highest BCUT2D eigenvalue weighted by atomic mass is 79.9. The van der Waals surface area contributed by atoms with Gasteiger partial charge in [0.2, 0.25) is 0 Å². The van der Waals surface area contributed by atoms with E-state index >= 15 is 0 Å². The highest BCUT2D eigenvalue weighted by molar-refractivity contribution is 9.10. The SMILES string of the molecule is Brc1ccc(Cn2ccnc2)cc1.CS(C)=O. The van der Waals surface area contributed by atoms with E-state index in [0.29, 0.717) is 0 Å².